The van der Waals surface area contributed by atoms with Crippen molar-refractivity contribution < 1.29 is 34.1 Å². The zero-order chi connectivity index (χ0) is 40.9. The van der Waals surface area contributed by atoms with E-state index in [1.54, 1.807) is 13.8 Å². The lowest BCUT2D eigenvalue weighted by molar-refractivity contribution is -0.158. The first-order valence-electron chi connectivity index (χ1n) is 20.2. The number of esters is 1. The van der Waals surface area contributed by atoms with E-state index in [0.29, 0.717) is 33.5 Å². The number of hydrogen-bond donors (Lipinski definition) is 2. The summed E-state index contributed by atoms with van der Waals surface area (Å²) >= 11 is 8.30. The maximum absolute atomic E-state index is 13.5. The molecule has 0 radical (unpaired) electrons. The summed E-state index contributed by atoms with van der Waals surface area (Å²) in [5.41, 5.74) is 0.494. The molecule has 10 heteroatoms. The van der Waals surface area contributed by atoms with Crippen molar-refractivity contribution in [2.24, 2.45) is 35.0 Å². The molecule has 1 aliphatic rings. The van der Waals surface area contributed by atoms with E-state index in [1.165, 1.54) is 36.4 Å². The molecule has 1 aliphatic carbocycles. The SMILES string of the molecule is C=CC1CC(C=C)C(COCCCCCCCCCCOC(=O)C(C)(C)CC(c2ccccc2)C(C(=O)O)C(CC(SC(=S)SC)c2ccccc2)C(=O)O)C1. The lowest BCUT2D eigenvalue weighted by Crippen LogP contribution is -2.39. The van der Waals surface area contributed by atoms with E-state index in [9.17, 15) is 24.6 Å². The molecule has 0 amide bonds. The summed E-state index contributed by atoms with van der Waals surface area (Å²) in [5.74, 6) is -4.45. The highest BCUT2D eigenvalue weighted by molar-refractivity contribution is 8.47. The molecule has 1 fully saturated rings. The van der Waals surface area contributed by atoms with Crippen molar-refractivity contribution in [2.75, 3.05) is 26.1 Å². The molecule has 1 saturated carbocycles. The molecule has 308 valence electrons. The first-order valence-corrected chi connectivity index (χ1v) is 22.7. The highest BCUT2D eigenvalue weighted by Crippen LogP contribution is 2.46. The molecule has 0 aliphatic heterocycles. The number of rotatable bonds is 27. The van der Waals surface area contributed by atoms with Crippen molar-refractivity contribution in [1.29, 1.82) is 0 Å². The number of allylic oxidation sites excluding steroid dienone is 2. The number of benzene rings is 2. The number of carboxylic acids is 2. The minimum Gasteiger partial charge on any atom is -0.481 e. The van der Waals surface area contributed by atoms with Gasteiger partial charge in [-0.15, -0.1) is 24.9 Å². The minimum atomic E-state index is -1.31. The number of thioether (sulfide) groups is 2. The van der Waals surface area contributed by atoms with Crippen LogP contribution in [0.15, 0.2) is 86.0 Å². The van der Waals surface area contributed by atoms with Crippen LogP contribution in [0.3, 0.4) is 0 Å². The Morgan fingerprint density at radius 1 is 0.839 bits per heavy atom. The van der Waals surface area contributed by atoms with Crippen molar-refractivity contribution >= 4 is 57.2 Å². The topological polar surface area (TPSA) is 110 Å². The van der Waals surface area contributed by atoms with Gasteiger partial charge >= 0.3 is 17.9 Å². The Hall–Kier alpha value is -2.92. The molecule has 56 heavy (non-hydrogen) atoms. The molecule has 2 aromatic carbocycles. The molecular weight excluding hydrogens is 761 g/mol. The molecule has 7 nitrogen and oxygen atoms in total. The third-order valence-corrected chi connectivity index (χ3v) is 14.0. The fraction of sp³-hybridized carbons (Fsp3) is 0.565. The number of thiocarbonyl (C=S) groups is 1. The molecule has 7 unspecified atom stereocenters. The maximum Gasteiger partial charge on any atom is 0.311 e. The Balaban J connectivity index is 1.50. The standard InChI is InChI=1S/C46H64O7S3/c1-6-33-28-34(7-2)37(29-33)32-52-26-20-12-10-8-9-11-13-21-27-53-44(51)46(3,4)31-39(35-22-16-14-17-23-35)41(43(49)50)38(42(47)48)30-40(56-45(54)55-5)36-24-18-15-19-25-36/h6-7,14-19,22-25,33-34,37-41H,1-2,8-13,20-21,26-32H2,3-5H3,(H,47,48)(H,49,50). The van der Waals surface area contributed by atoms with Gasteiger partial charge < -0.3 is 19.7 Å². The van der Waals surface area contributed by atoms with Crippen LogP contribution in [0.25, 0.3) is 0 Å². The first-order chi connectivity index (χ1) is 26.9. The summed E-state index contributed by atoms with van der Waals surface area (Å²) in [4.78, 5) is 39.7. The van der Waals surface area contributed by atoms with Gasteiger partial charge in [0.15, 0.2) is 0 Å². The lowest BCUT2D eigenvalue weighted by atomic mass is 9.69. The largest absolute Gasteiger partial charge is 0.481 e. The Morgan fingerprint density at radius 3 is 1.95 bits per heavy atom. The molecule has 3 rings (SSSR count). The predicted molar refractivity (Wildman–Crippen MR) is 236 cm³/mol. The fourth-order valence-corrected chi connectivity index (χ4v) is 9.87. The van der Waals surface area contributed by atoms with Crippen LogP contribution in [0.5, 0.6) is 0 Å². The smallest absolute Gasteiger partial charge is 0.311 e. The van der Waals surface area contributed by atoms with Crippen LogP contribution in [0.2, 0.25) is 0 Å². The van der Waals surface area contributed by atoms with Gasteiger partial charge in [-0.1, -0.05) is 135 Å². The second-order valence-corrected chi connectivity index (χ2v) is 19.0. The second kappa shape index (κ2) is 25.4. The van der Waals surface area contributed by atoms with E-state index >= 15 is 0 Å². The average Bonchev–Trinajstić information content (AvgIpc) is 3.61. The first kappa shape index (κ1) is 47.5. The zero-order valence-corrected chi connectivity index (χ0v) is 36.1. The molecule has 0 spiro atoms. The van der Waals surface area contributed by atoms with Crippen molar-refractivity contribution in [2.45, 2.75) is 102 Å². The Kier molecular flexibility index (Phi) is 21.6. The summed E-state index contributed by atoms with van der Waals surface area (Å²) in [5, 5.41) is 21.0. The van der Waals surface area contributed by atoms with Crippen LogP contribution in [-0.2, 0) is 23.9 Å². The number of ether oxygens (including phenoxy) is 2. The third-order valence-electron chi connectivity index (χ3n) is 11.2. The molecule has 0 saturated heterocycles. The van der Waals surface area contributed by atoms with Gasteiger partial charge in [-0.05, 0) is 93.4 Å². The van der Waals surface area contributed by atoms with Crippen LogP contribution in [0.1, 0.15) is 113 Å². The number of hydrogen-bond acceptors (Lipinski definition) is 8. The van der Waals surface area contributed by atoms with Crippen LogP contribution < -0.4 is 0 Å². The van der Waals surface area contributed by atoms with Crippen LogP contribution in [0.4, 0.5) is 0 Å². The van der Waals surface area contributed by atoms with Crippen molar-refractivity contribution in [3.8, 4) is 0 Å². The summed E-state index contributed by atoms with van der Waals surface area (Å²) in [6.07, 6.45) is 17.0. The van der Waals surface area contributed by atoms with Crippen molar-refractivity contribution in [3.63, 3.8) is 0 Å². The van der Waals surface area contributed by atoms with Crippen molar-refractivity contribution in [3.05, 3.63) is 97.1 Å². The number of carbonyl (C=O) groups excluding carboxylic acids is 1. The lowest BCUT2D eigenvalue weighted by Gasteiger charge is -2.35. The minimum absolute atomic E-state index is 0.0540. The molecular formula is C46H64O7S3. The summed E-state index contributed by atoms with van der Waals surface area (Å²) in [6, 6.07) is 18.6. The highest BCUT2D eigenvalue weighted by Gasteiger charge is 2.45. The Labute approximate surface area is 349 Å². The van der Waals surface area contributed by atoms with Crippen LogP contribution in [-0.4, -0.2) is 57.7 Å². The number of unbranched alkanes of at least 4 members (excludes halogenated alkanes) is 7. The normalized spacial score (nSPS) is 19.0. The van der Waals surface area contributed by atoms with E-state index < -0.39 is 41.1 Å². The summed E-state index contributed by atoms with van der Waals surface area (Å²) in [7, 11) is 0. The van der Waals surface area contributed by atoms with E-state index in [1.807, 2.05) is 66.9 Å². The van der Waals surface area contributed by atoms with Gasteiger partial charge in [0.05, 0.1) is 23.9 Å². The number of aliphatic carboxylic acids is 2. The summed E-state index contributed by atoms with van der Waals surface area (Å²) in [6.45, 7) is 13.4. The Morgan fingerprint density at radius 2 is 1.41 bits per heavy atom. The van der Waals surface area contributed by atoms with Gasteiger partial charge in [0.2, 0.25) is 0 Å². The molecule has 0 aromatic heterocycles. The van der Waals surface area contributed by atoms with E-state index in [2.05, 4.69) is 25.3 Å². The third kappa shape index (κ3) is 15.8. The van der Waals surface area contributed by atoms with E-state index in [0.717, 1.165) is 70.1 Å². The quantitative estimate of drug-likeness (QED) is 0.0391. The maximum atomic E-state index is 13.5. The van der Waals surface area contributed by atoms with Gasteiger partial charge in [0, 0.05) is 18.5 Å². The van der Waals surface area contributed by atoms with Gasteiger partial charge in [0.25, 0.3) is 0 Å². The van der Waals surface area contributed by atoms with Gasteiger partial charge in [-0.3, -0.25) is 14.4 Å². The summed E-state index contributed by atoms with van der Waals surface area (Å²) < 4.78 is 12.4. The predicted octanol–water partition coefficient (Wildman–Crippen LogP) is 11.8. The van der Waals surface area contributed by atoms with Gasteiger partial charge in [0.1, 0.15) is 3.53 Å². The van der Waals surface area contributed by atoms with Crippen LogP contribution in [0, 0.1) is 35.0 Å². The van der Waals surface area contributed by atoms with Crippen molar-refractivity contribution in [1.82, 2.24) is 0 Å². The Bertz CT molecular complexity index is 1520. The number of carboxylic acid groups (broad SMARTS) is 2. The van der Waals surface area contributed by atoms with Gasteiger partial charge in [-0.25, -0.2) is 0 Å². The van der Waals surface area contributed by atoms with E-state index in [-0.39, 0.29) is 18.1 Å². The molecule has 0 bridgehead atoms. The monoisotopic (exact) mass is 824 g/mol. The molecule has 7 atom stereocenters. The molecule has 2 N–H and O–H groups in total. The molecule has 2 aromatic rings. The van der Waals surface area contributed by atoms with E-state index in [4.69, 9.17) is 21.7 Å². The fourth-order valence-electron chi connectivity index (χ4n) is 7.96. The number of carbonyl (C=O) groups is 3. The average molecular weight is 825 g/mol. The zero-order valence-electron chi connectivity index (χ0n) is 33.7. The van der Waals surface area contributed by atoms with Crippen LogP contribution >= 0.6 is 35.7 Å². The van der Waals surface area contributed by atoms with Gasteiger partial charge in [-0.2, -0.15) is 0 Å². The molecule has 0 heterocycles. The highest BCUT2D eigenvalue weighted by atomic mass is 32.2. The second-order valence-electron chi connectivity index (χ2n) is 15.8.